The molecule has 2 aliphatic heterocycles. The first-order valence-corrected chi connectivity index (χ1v) is 8.13. The van der Waals surface area contributed by atoms with Gasteiger partial charge in [0, 0.05) is 29.4 Å². The molecule has 2 aliphatic rings. The van der Waals surface area contributed by atoms with E-state index in [1.165, 1.54) is 44.2 Å². The van der Waals surface area contributed by atoms with Crippen LogP contribution in [0, 0.1) is 0 Å². The van der Waals surface area contributed by atoms with Crippen molar-refractivity contribution < 1.29 is 9.47 Å². The fourth-order valence-electron chi connectivity index (χ4n) is 3.57. The molecule has 0 aliphatic carbocycles. The number of nitrogens with zero attached hydrogens (tertiary/aromatic N) is 1. The van der Waals surface area contributed by atoms with Crippen molar-refractivity contribution in [2.45, 2.75) is 58.2 Å². The highest BCUT2D eigenvalue weighted by molar-refractivity contribution is 5.53. The Morgan fingerprint density at radius 1 is 1.29 bits per heavy atom. The summed E-state index contributed by atoms with van der Waals surface area (Å²) in [7, 11) is 0. The monoisotopic (exact) mass is 290 g/mol. The third-order valence-electron chi connectivity index (χ3n) is 4.65. The molecule has 4 heteroatoms. The Hall–Kier alpha value is -1.26. The fourth-order valence-corrected chi connectivity index (χ4v) is 3.57. The summed E-state index contributed by atoms with van der Waals surface area (Å²) in [5, 5.41) is 0. The van der Waals surface area contributed by atoms with Crippen LogP contribution in [-0.4, -0.2) is 24.3 Å². The van der Waals surface area contributed by atoms with E-state index < -0.39 is 0 Å². The van der Waals surface area contributed by atoms with Crippen molar-refractivity contribution in [1.29, 1.82) is 0 Å². The van der Waals surface area contributed by atoms with Crippen LogP contribution in [0.4, 0.5) is 5.69 Å². The van der Waals surface area contributed by atoms with Crippen LogP contribution in [0.5, 0.6) is 5.75 Å². The molecule has 4 nitrogen and oxygen atoms in total. The molecular weight excluding hydrogens is 264 g/mol. The second-order valence-electron chi connectivity index (χ2n) is 6.16. The molecule has 0 radical (unpaired) electrons. The van der Waals surface area contributed by atoms with Crippen molar-refractivity contribution in [2.75, 3.05) is 19.1 Å². The maximum Gasteiger partial charge on any atom is 0.189 e. The summed E-state index contributed by atoms with van der Waals surface area (Å²) in [6.45, 7) is 5.36. The first-order valence-electron chi connectivity index (χ1n) is 8.13. The minimum atomic E-state index is 0.348. The van der Waals surface area contributed by atoms with E-state index >= 15 is 0 Å². The largest absolute Gasteiger partial charge is 0.467 e. The van der Waals surface area contributed by atoms with Crippen LogP contribution >= 0.6 is 0 Å². The summed E-state index contributed by atoms with van der Waals surface area (Å²) in [6, 6.07) is 4.73. The first-order chi connectivity index (χ1) is 10.3. The molecule has 1 aromatic rings. The van der Waals surface area contributed by atoms with Crippen molar-refractivity contribution in [3.8, 4) is 5.75 Å². The Balaban J connectivity index is 1.84. The quantitative estimate of drug-likeness (QED) is 0.868. The lowest BCUT2D eigenvalue weighted by molar-refractivity contribution is -0.0175. The van der Waals surface area contributed by atoms with E-state index in [-0.39, 0.29) is 0 Å². The molecule has 3 rings (SSSR count). The van der Waals surface area contributed by atoms with Crippen molar-refractivity contribution in [1.82, 2.24) is 4.90 Å². The van der Waals surface area contributed by atoms with Gasteiger partial charge < -0.3 is 15.2 Å². The molecule has 1 atom stereocenters. The fraction of sp³-hybridized carbons (Fsp3) is 0.647. The van der Waals surface area contributed by atoms with Crippen LogP contribution in [0.15, 0.2) is 12.1 Å². The molecule has 21 heavy (non-hydrogen) atoms. The molecule has 2 heterocycles. The zero-order chi connectivity index (χ0) is 14.7. The highest BCUT2D eigenvalue weighted by Crippen LogP contribution is 2.33. The standard InChI is InChI=1S/C17H26N2O2/c1-2-16-6-4-3-5-7-19(16)10-13-8-15(18)9-14-11-20-12-21-17(13)14/h8-9,16H,2-7,10-12,18H2,1H3. The molecule has 0 aromatic heterocycles. The zero-order valence-electron chi connectivity index (χ0n) is 12.9. The topological polar surface area (TPSA) is 47.7 Å². The molecule has 0 bridgehead atoms. The SMILES string of the molecule is CCC1CCCCCN1Cc1cc(N)cc2c1OCOC2. The summed E-state index contributed by atoms with van der Waals surface area (Å²) in [4.78, 5) is 2.61. The Morgan fingerprint density at radius 3 is 3.05 bits per heavy atom. The Labute approximate surface area is 127 Å². The van der Waals surface area contributed by atoms with Gasteiger partial charge in [-0.25, -0.2) is 0 Å². The van der Waals surface area contributed by atoms with Crippen LogP contribution in [0.25, 0.3) is 0 Å². The Bertz CT molecular complexity index is 490. The molecule has 1 fully saturated rings. The average molecular weight is 290 g/mol. The number of fused-ring (bicyclic) bond motifs is 1. The third-order valence-corrected chi connectivity index (χ3v) is 4.65. The van der Waals surface area contributed by atoms with Crippen molar-refractivity contribution in [3.05, 3.63) is 23.3 Å². The molecule has 1 unspecified atom stereocenters. The van der Waals surface area contributed by atoms with E-state index in [0.29, 0.717) is 19.4 Å². The summed E-state index contributed by atoms with van der Waals surface area (Å²) in [5.74, 6) is 0.995. The van der Waals surface area contributed by atoms with Crippen molar-refractivity contribution in [2.24, 2.45) is 0 Å². The minimum absolute atomic E-state index is 0.348. The Kier molecular flexibility index (Phi) is 4.66. The summed E-state index contributed by atoms with van der Waals surface area (Å²) in [6.07, 6.45) is 6.53. The van der Waals surface area contributed by atoms with Gasteiger partial charge in [-0.2, -0.15) is 0 Å². The summed E-state index contributed by atoms with van der Waals surface area (Å²) in [5.41, 5.74) is 9.16. The molecular formula is C17H26N2O2. The molecule has 2 N–H and O–H groups in total. The van der Waals surface area contributed by atoms with Gasteiger partial charge >= 0.3 is 0 Å². The summed E-state index contributed by atoms with van der Waals surface area (Å²) >= 11 is 0. The van der Waals surface area contributed by atoms with Gasteiger partial charge in [0.25, 0.3) is 0 Å². The maximum atomic E-state index is 6.06. The van der Waals surface area contributed by atoms with Crippen LogP contribution < -0.4 is 10.5 Å². The lowest BCUT2D eigenvalue weighted by Crippen LogP contribution is -2.34. The van der Waals surface area contributed by atoms with Gasteiger partial charge in [0.05, 0.1) is 6.61 Å². The summed E-state index contributed by atoms with van der Waals surface area (Å²) < 4.78 is 11.1. The van der Waals surface area contributed by atoms with Crippen molar-refractivity contribution in [3.63, 3.8) is 0 Å². The van der Waals surface area contributed by atoms with E-state index in [1.54, 1.807) is 0 Å². The van der Waals surface area contributed by atoms with Gasteiger partial charge in [-0.05, 0) is 37.9 Å². The predicted octanol–water partition coefficient (Wildman–Crippen LogP) is 3.29. The van der Waals surface area contributed by atoms with Gasteiger partial charge in [0.1, 0.15) is 5.75 Å². The van der Waals surface area contributed by atoms with Crippen LogP contribution in [0.2, 0.25) is 0 Å². The minimum Gasteiger partial charge on any atom is -0.467 e. The smallest absolute Gasteiger partial charge is 0.189 e. The molecule has 0 amide bonds. The lowest BCUT2D eigenvalue weighted by Gasteiger charge is -2.31. The normalized spacial score (nSPS) is 23.2. The highest BCUT2D eigenvalue weighted by Gasteiger charge is 2.23. The number of nitrogen functional groups attached to an aromatic ring is 1. The number of hydrogen-bond acceptors (Lipinski definition) is 4. The van der Waals surface area contributed by atoms with E-state index in [0.717, 1.165) is 23.5 Å². The molecule has 1 saturated heterocycles. The second kappa shape index (κ2) is 6.67. The van der Waals surface area contributed by atoms with Gasteiger partial charge in [-0.15, -0.1) is 0 Å². The number of hydrogen-bond donors (Lipinski definition) is 1. The number of benzene rings is 1. The number of rotatable bonds is 3. The number of likely N-dealkylation sites (tertiary alicyclic amines) is 1. The molecule has 0 saturated carbocycles. The highest BCUT2D eigenvalue weighted by atomic mass is 16.7. The van der Waals surface area contributed by atoms with E-state index in [2.05, 4.69) is 17.9 Å². The van der Waals surface area contributed by atoms with Crippen LogP contribution in [0.3, 0.4) is 0 Å². The van der Waals surface area contributed by atoms with E-state index in [4.69, 9.17) is 15.2 Å². The zero-order valence-corrected chi connectivity index (χ0v) is 12.9. The van der Waals surface area contributed by atoms with Gasteiger partial charge in [0.2, 0.25) is 0 Å². The van der Waals surface area contributed by atoms with Crippen LogP contribution in [0.1, 0.15) is 50.2 Å². The molecule has 1 aromatic carbocycles. The first kappa shape index (κ1) is 14.7. The molecule has 116 valence electrons. The number of nitrogens with two attached hydrogens (primary N) is 1. The van der Waals surface area contributed by atoms with Gasteiger partial charge in [0.15, 0.2) is 6.79 Å². The third kappa shape index (κ3) is 3.33. The lowest BCUT2D eigenvalue weighted by atomic mass is 10.0. The Morgan fingerprint density at radius 2 is 2.19 bits per heavy atom. The van der Waals surface area contributed by atoms with Gasteiger partial charge in [-0.3, -0.25) is 4.90 Å². The molecule has 0 spiro atoms. The maximum absolute atomic E-state index is 6.06. The van der Waals surface area contributed by atoms with Gasteiger partial charge in [-0.1, -0.05) is 19.8 Å². The average Bonchev–Trinajstić information content (AvgIpc) is 2.72. The predicted molar refractivity (Wildman–Crippen MR) is 84.1 cm³/mol. The van der Waals surface area contributed by atoms with Crippen molar-refractivity contribution >= 4 is 5.69 Å². The number of ether oxygens (including phenoxy) is 2. The van der Waals surface area contributed by atoms with E-state index in [9.17, 15) is 0 Å². The van der Waals surface area contributed by atoms with Crippen LogP contribution in [-0.2, 0) is 17.9 Å². The second-order valence-corrected chi connectivity index (χ2v) is 6.16. The number of anilines is 1. The van der Waals surface area contributed by atoms with E-state index in [1.807, 2.05) is 6.07 Å².